The zero-order valence-electron chi connectivity index (χ0n) is 28.8. The van der Waals surface area contributed by atoms with Crippen LogP contribution in [0.2, 0.25) is 0 Å². The van der Waals surface area contributed by atoms with Crippen molar-refractivity contribution < 1.29 is 37.3 Å². The van der Waals surface area contributed by atoms with Crippen molar-refractivity contribution in [1.29, 1.82) is 0 Å². The van der Waals surface area contributed by atoms with Crippen molar-refractivity contribution >= 4 is 33.3 Å². The second-order valence-corrected chi connectivity index (χ2v) is 14.2. The van der Waals surface area contributed by atoms with E-state index < -0.39 is 28.1 Å². The van der Waals surface area contributed by atoms with Crippen molar-refractivity contribution in [3.63, 3.8) is 0 Å². The first-order valence-corrected chi connectivity index (χ1v) is 18.0. The lowest BCUT2D eigenvalue weighted by Gasteiger charge is -2.35. The highest BCUT2D eigenvalue weighted by Gasteiger charge is 2.31. The Morgan fingerprint density at radius 1 is 1.06 bits per heavy atom. The van der Waals surface area contributed by atoms with Crippen LogP contribution in [0.4, 0.5) is 16.2 Å². The molecule has 0 saturated carbocycles. The molecule has 1 heterocycles. The molecule has 0 bridgehead atoms. The van der Waals surface area contributed by atoms with Gasteiger partial charge < -0.3 is 34.4 Å². The van der Waals surface area contributed by atoms with E-state index >= 15 is 0 Å². The Hall–Kier alpha value is -4.33. The number of aliphatic hydroxyl groups excluding tert-OH is 1. The molecular formula is C36H48N4O8S. The lowest BCUT2D eigenvalue weighted by atomic mass is 10.0. The van der Waals surface area contributed by atoms with E-state index in [9.17, 15) is 23.1 Å². The van der Waals surface area contributed by atoms with Gasteiger partial charge in [-0.2, -0.15) is 0 Å². The number of aliphatic hydroxyl groups is 1. The van der Waals surface area contributed by atoms with Crippen LogP contribution in [0.15, 0.2) is 77.7 Å². The molecule has 0 spiro atoms. The number of benzene rings is 3. The summed E-state index contributed by atoms with van der Waals surface area (Å²) in [7, 11) is -0.662. The highest BCUT2D eigenvalue weighted by atomic mass is 32.2. The Morgan fingerprint density at radius 3 is 2.43 bits per heavy atom. The van der Waals surface area contributed by atoms with Crippen LogP contribution >= 0.6 is 0 Å². The summed E-state index contributed by atoms with van der Waals surface area (Å²) in [6, 6.07) is 18.7. The number of amides is 3. The van der Waals surface area contributed by atoms with E-state index in [0.717, 1.165) is 12.8 Å². The molecule has 266 valence electrons. The van der Waals surface area contributed by atoms with Gasteiger partial charge in [-0.1, -0.05) is 25.1 Å². The third kappa shape index (κ3) is 10.3. The highest BCUT2D eigenvalue weighted by molar-refractivity contribution is 7.92. The smallest absolute Gasteiger partial charge is 0.321 e. The molecule has 13 heteroatoms. The number of methoxy groups -OCH3 is 1. The zero-order chi connectivity index (χ0) is 35.6. The normalized spacial score (nSPS) is 19.8. The number of nitrogens with zero attached hydrogens (tertiary/aromatic N) is 2. The van der Waals surface area contributed by atoms with Gasteiger partial charge in [0, 0.05) is 44.0 Å². The van der Waals surface area contributed by atoms with E-state index in [1.165, 1.54) is 18.2 Å². The molecule has 1 aliphatic heterocycles. The maximum absolute atomic E-state index is 14.4. The molecule has 12 nitrogen and oxygen atoms in total. The maximum Gasteiger partial charge on any atom is 0.321 e. The average Bonchev–Trinajstić information content (AvgIpc) is 3.10. The Balaban J connectivity index is 1.60. The van der Waals surface area contributed by atoms with E-state index in [1.54, 1.807) is 85.5 Å². The van der Waals surface area contributed by atoms with Crippen molar-refractivity contribution in [1.82, 2.24) is 9.80 Å². The lowest BCUT2D eigenvalue weighted by Crippen LogP contribution is -2.48. The molecule has 0 aliphatic carbocycles. The van der Waals surface area contributed by atoms with Crippen molar-refractivity contribution in [2.45, 2.75) is 63.2 Å². The second-order valence-electron chi connectivity index (χ2n) is 12.5. The van der Waals surface area contributed by atoms with Crippen LogP contribution in [0.5, 0.6) is 11.5 Å². The number of anilines is 2. The van der Waals surface area contributed by atoms with Crippen molar-refractivity contribution in [2.24, 2.45) is 5.92 Å². The first-order valence-electron chi connectivity index (χ1n) is 16.5. The summed E-state index contributed by atoms with van der Waals surface area (Å²) in [5, 5.41) is 13.1. The molecular weight excluding hydrogens is 648 g/mol. The highest BCUT2D eigenvalue weighted by Crippen LogP contribution is 2.29. The number of rotatable bonds is 9. The van der Waals surface area contributed by atoms with Crippen LogP contribution in [-0.4, -0.2) is 94.0 Å². The Morgan fingerprint density at radius 2 is 1.76 bits per heavy atom. The summed E-state index contributed by atoms with van der Waals surface area (Å²) in [6.07, 6.45) is 1.59. The Labute approximate surface area is 289 Å². The first-order chi connectivity index (χ1) is 23.4. The number of carbonyl (C=O) groups is 2. The van der Waals surface area contributed by atoms with Crippen LogP contribution in [0.25, 0.3) is 0 Å². The van der Waals surface area contributed by atoms with Crippen LogP contribution < -0.4 is 19.5 Å². The summed E-state index contributed by atoms with van der Waals surface area (Å²) in [5.74, 6) is 0.304. The fourth-order valence-corrected chi connectivity index (χ4v) is 6.58. The predicted molar refractivity (Wildman–Crippen MR) is 189 cm³/mol. The minimum absolute atomic E-state index is 0.0873. The van der Waals surface area contributed by atoms with Gasteiger partial charge in [0.15, 0.2) is 0 Å². The number of fused-ring (bicyclic) bond motifs is 1. The van der Waals surface area contributed by atoms with E-state index in [0.29, 0.717) is 30.2 Å². The second kappa shape index (κ2) is 17.4. The molecule has 0 aromatic heterocycles. The molecule has 0 fully saturated rings. The topological polar surface area (TPSA) is 147 Å². The van der Waals surface area contributed by atoms with Gasteiger partial charge in [0.2, 0.25) is 0 Å². The van der Waals surface area contributed by atoms with Gasteiger partial charge in [0.05, 0.1) is 42.4 Å². The minimum Gasteiger partial charge on any atom is -0.497 e. The van der Waals surface area contributed by atoms with Crippen LogP contribution in [0.3, 0.4) is 0 Å². The SMILES string of the molecule is COc1ccc(NC(=O)N(C)C[C@@H]2OCCCC[C@H](C)Oc3ccc(NS(=O)(=O)c4ccccc4)cc3C(=O)N([C@H](C)CO)C[C@H]2C)cc1. The Bertz CT molecular complexity index is 1640. The van der Waals surface area contributed by atoms with Crippen molar-refractivity contribution in [2.75, 3.05) is 50.5 Å². The molecule has 3 N–H and O–H groups in total. The quantitative estimate of drug-likeness (QED) is 0.268. The van der Waals surface area contributed by atoms with Gasteiger partial charge in [-0.25, -0.2) is 13.2 Å². The first kappa shape index (κ1) is 37.5. The van der Waals surface area contributed by atoms with Crippen LogP contribution in [0.1, 0.15) is 50.4 Å². The van der Waals surface area contributed by atoms with Crippen LogP contribution in [0, 0.1) is 5.92 Å². The molecule has 0 radical (unpaired) electrons. The molecule has 3 amide bonds. The molecule has 4 rings (SSSR count). The van der Waals surface area contributed by atoms with Crippen molar-refractivity contribution in [3.8, 4) is 11.5 Å². The van der Waals surface area contributed by atoms with E-state index in [-0.39, 0.29) is 53.9 Å². The molecule has 0 unspecified atom stereocenters. The number of likely N-dealkylation sites (N-methyl/N-ethyl adjacent to an activating group) is 1. The Kier molecular flexibility index (Phi) is 13.3. The van der Waals surface area contributed by atoms with Gasteiger partial charge in [-0.3, -0.25) is 9.52 Å². The summed E-state index contributed by atoms with van der Waals surface area (Å²) < 4.78 is 46.6. The predicted octanol–water partition coefficient (Wildman–Crippen LogP) is 5.46. The number of hydrogen-bond donors (Lipinski definition) is 3. The molecule has 3 aromatic carbocycles. The molecule has 4 atom stereocenters. The number of ether oxygens (including phenoxy) is 3. The van der Waals surface area contributed by atoms with E-state index in [1.807, 2.05) is 13.8 Å². The van der Waals surface area contributed by atoms with Gasteiger partial charge in [0.25, 0.3) is 15.9 Å². The summed E-state index contributed by atoms with van der Waals surface area (Å²) in [5.41, 5.74) is 0.980. The fraction of sp³-hybridized carbons (Fsp3) is 0.444. The van der Waals surface area contributed by atoms with Gasteiger partial charge in [-0.05, 0) is 87.7 Å². The maximum atomic E-state index is 14.4. The number of sulfonamides is 1. The van der Waals surface area contributed by atoms with Crippen molar-refractivity contribution in [3.05, 3.63) is 78.4 Å². The minimum atomic E-state index is -3.92. The number of nitrogens with one attached hydrogen (secondary N) is 2. The molecule has 3 aromatic rings. The van der Waals surface area contributed by atoms with Crippen LogP contribution in [-0.2, 0) is 14.8 Å². The van der Waals surface area contributed by atoms with E-state index in [4.69, 9.17) is 14.2 Å². The summed E-state index contributed by atoms with van der Waals surface area (Å²) in [4.78, 5) is 30.7. The molecule has 49 heavy (non-hydrogen) atoms. The average molecular weight is 697 g/mol. The largest absolute Gasteiger partial charge is 0.497 e. The van der Waals surface area contributed by atoms with Gasteiger partial charge in [0.1, 0.15) is 11.5 Å². The number of carbonyl (C=O) groups excluding carboxylic acids is 2. The van der Waals surface area contributed by atoms with Gasteiger partial charge >= 0.3 is 6.03 Å². The van der Waals surface area contributed by atoms with Gasteiger partial charge in [-0.15, -0.1) is 0 Å². The number of hydrogen-bond acceptors (Lipinski definition) is 8. The third-order valence-corrected chi connectivity index (χ3v) is 9.90. The summed E-state index contributed by atoms with van der Waals surface area (Å²) >= 11 is 0. The molecule has 0 saturated heterocycles. The third-order valence-electron chi connectivity index (χ3n) is 8.50. The molecule has 1 aliphatic rings. The fourth-order valence-electron chi connectivity index (χ4n) is 5.51. The van der Waals surface area contributed by atoms with E-state index in [2.05, 4.69) is 10.0 Å². The number of urea groups is 1. The summed E-state index contributed by atoms with van der Waals surface area (Å²) in [6.45, 7) is 6.20. The standard InChI is InChI=1S/C36H48N4O8S/c1-25-22-40(26(2)24-41)35(42)32-21-29(38-49(44,45)31-12-7-6-8-13-31)16-19-33(32)48-27(3)11-9-10-20-47-34(25)23-39(4)36(43)37-28-14-17-30(46-5)18-15-28/h6-8,12-19,21,25-27,34,38,41H,9-11,20,22-24H2,1-5H3,(H,37,43)/t25-,26-,27+,34+/m1/s1. The monoisotopic (exact) mass is 696 g/mol. The zero-order valence-corrected chi connectivity index (χ0v) is 29.6. The lowest BCUT2D eigenvalue weighted by molar-refractivity contribution is -0.0115.